The molecule has 5 heteroatoms. The molecule has 0 fully saturated rings. The van der Waals surface area contributed by atoms with Crippen LogP contribution in [0.5, 0.6) is 0 Å². The van der Waals surface area contributed by atoms with Gasteiger partial charge in [0.1, 0.15) is 5.15 Å². The highest BCUT2D eigenvalue weighted by Crippen LogP contribution is 2.32. The van der Waals surface area contributed by atoms with E-state index in [2.05, 4.69) is 4.98 Å². The van der Waals surface area contributed by atoms with E-state index in [1.165, 1.54) is 18.3 Å². The lowest BCUT2D eigenvalue weighted by Crippen LogP contribution is -1.94. The van der Waals surface area contributed by atoms with Gasteiger partial charge in [0.05, 0.1) is 10.7 Å². The number of benzene rings is 1. The number of hydrogen-bond donors (Lipinski definition) is 1. The van der Waals surface area contributed by atoms with Gasteiger partial charge in [-0.3, -0.25) is 0 Å². The van der Waals surface area contributed by atoms with E-state index in [4.69, 9.17) is 28.9 Å². The Bertz CT molecular complexity index is 514. The van der Waals surface area contributed by atoms with Gasteiger partial charge in [0.2, 0.25) is 0 Å². The third-order valence-corrected chi connectivity index (χ3v) is 2.56. The van der Waals surface area contributed by atoms with Crippen molar-refractivity contribution < 1.29 is 4.39 Å². The Hall–Kier alpha value is -1.06. The third-order valence-electron chi connectivity index (χ3n) is 1.94. The fourth-order valence-corrected chi connectivity index (χ4v) is 1.64. The molecule has 2 aromatic rings. The maximum Gasteiger partial charge on any atom is 0.155 e. The number of anilines is 1. The molecule has 0 radical (unpaired) electrons. The van der Waals surface area contributed by atoms with Crippen LogP contribution in [0.3, 0.4) is 0 Å². The minimum Gasteiger partial charge on any atom is -0.395 e. The monoisotopic (exact) mass is 230 g/mol. The van der Waals surface area contributed by atoms with Crippen molar-refractivity contribution in [3.63, 3.8) is 0 Å². The number of nitrogens with two attached hydrogens (primary N) is 1. The van der Waals surface area contributed by atoms with Gasteiger partial charge in [0.15, 0.2) is 5.82 Å². The lowest BCUT2D eigenvalue weighted by Gasteiger charge is -2.05. The number of hydrogen-bond acceptors (Lipinski definition) is 2. The number of pyridine rings is 1. The summed E-state index contributed by atoms with van der Waals surface area (Å²) >= 11 is 11.5. The molecule has 72 valence electrons. The van der Waals surface area contributed by atoms with Crippen molar-refractivity contribution in [2.75, 3.05) is 5.73 Å². The summed E-state index contributed by atoms with van der Waals surface area (Å²) in [7, 11) is 0. The summed E-state index contributed by atoms with van der Waals surface area (Å²) in [4.78, 5) is 3.82. The lowest BCUT2D eigenvalue weighted by atomic mass is 10.1. The van der Waals surface area contributed by atoms with E-state index in [-0.39, 0.29) is 15.9 Å². The normalized spacial score (nSPS) is 10.8. The molecule has 0 bridgehead atoms. The molecule has 0 saturated carbocycles. The van der Waals surface area contributed by atoms with E-state index in [1.54, 1.807) is 0 Å². The smallest absolute Gasteiger partial charge is 0.155 e. The first-order valence-electron chi connectivity index (χ1n) is 3.79. The first-order valence-corrected chi connectivity index (χ1v) is 4.54. The summed E-state index contributed by atoms with van der Waals surface area (Å²) in [6.07, 6.45) is 1.42. The largest absolute Gasteiger partial charge is 0.395 e. The first-order chi connectivity index (χ1) is 6.61. The summed E-state index contributed by atoms with van der Waals surface area (Å²) in [5, 5.41) is 1.14. The zero-order valence-electron chi connectivity index (χ0n) is 6.89. The highest BCUT2D eigenvalue weighted by atomic mass is 35.5. The quantitative estimate of drug-likeness (QED) is 0.558. The molecule has 0 atom stereocenters. The van der Waals surface area contributed by atoms with Gasteiger partial charge in [0, 0.05) is 17.0 Å². The second kappa shape index (κ2) is 3.26. The summed E-state index contributed by atoms with van der Waals surface area (Å²) in [6, 6.07) is 3.01. The molecule has 1 heterocycles. The van der Waals surface area contributed by atoms with Gasteiger partial charge in [-0.05, 0) is 12.1 Å². The fraction of sp³-hybridized carbons (Fsp3) is 0. The Labute approximate surface area is 89.4 Å². The molecule has 2 rings (SSSR count). The number of aromatic nitrogens is 1. The molecule has 0 unspecified atom stereocenters. The minimum atomic E-state index is -0.559. The van der Waals surface area contributed by atoms with Gasteiger partial charge in [-0.15, -0.1) is 0 Å². The highest BCUT2D eigenvalue weighted by molar-refractivity contribution is 6.37. The second-order valence-corrected chi connectivity index (χ2v) is 3.55. The topological polar surface area (TPSA) is 38.9 Å². The molecule has 14 heavy (non-hydrogen) atoms. The van der Waals surface area contributed by atoms with Crippen LogP contribution in [-0.4, -0.2) is 4.98 Å². The van der Waals surface area contributed by atoms with Crippen molar-refractivity contribution in [1.82, 2.24) is 4.98 Å². The predicted octanol–water partition coefficient (Wildman–Crippen LogP) is 3.26. The van der Waals surface area contributed by atoms with E-state index in [1.807, 2.05) is 0 Å². The minimum absolute atomic E-state index is 0.0681. The van der Waals surface area contributed by atoms with Gasteiger partial charge in [-0.2, -0.15) is 0 Å². The molecule has 1 aromatic heterocycles. The van der Waals surface area contributed by atoms with E-state index in [9.17, 15) is 4.39 Å². The number of halogens is 3. The lowest BCUT2D eigenvalue weighted by molar-refractivity contribution is 0.644. The number of nitrogen functional groups attached to an aromatic ring is 1. The molecule has 0 aliphatic heterocycles. The Morgan fingerprint density at radius 2 is 2.00 bits per heavy atom. The van der Waals surface area contributed by atoms with Crippen molar-refractivity contribution in [2.24, 2.45) is 0 Å². The molecule has 2 N–H and O–H groups in total. The van der Waals surface area contributed by atoms with Crippen LogP contribution >= 0.6 is 23.2 Å². The molecule has 0 aliphatic carbocycles. The van der Waals surface area contributed by atoms with Crippen LogP contribution in [0, 0.1) is 5.82 Å². The van der Waals surface area contributed by atoms with Crippen molar-refractivity contribution in [3.8, 4) is 0 Å². The SMILES string of the molecule is Nc1c(Cl)cc2c(Cl)nccc2c1F. The average molecular weight is 231 g/mol. The second-order valence-electron chi connectivity index (χ2n) is 2.78. The van der Waals surface area contributed by atoms with Crippen LogP contribution in [0.4, 0.5) is 10.1 Å². The molecule has 0 saturated heterocycles. The molecule has 0 amide bonds. The summed E-state index contributed by atoms with van der Waals surface area (Å²) in [5.74, 6) is -0.559. The molecule has 0 aliphatic rings. The van der Waals surface area contributed by atoms with Gasteiger partial charge in [-0.1, -0.05) is 23.2 Å². The van der Waals surface area contributed by atoms with Crippen LogP contribution in [0.2, 0.25) is 10.2 Å². The number of nitrogens with zero attached hydrogens (tertiary/aromatic N) is 1. The van der Waals surface area contributed by atoms with Crippen LogP contribution < -0.4 is 5.73 Å². The summed E-state index contributed by atoms with van der Waals surface area (Å²) < 4.78 is 13.5. The molecule has 2 nitrogen and oxygen atoms in total. The van der Waals surface area contributed by atoms with Crippen molar-refractivity contribution in [1.29, 1.82) is 0 Å². The van der Waals surface area contributed by atoms with Crippen LogP contribution in [0.25, 0.3) is 10.8 Å². The molecular weight excluding hydrogens is 226 g/mol. The van der Waals surface area contributed by atoms with E-state index < -0.39 is 5.82 Å². The molecule has 1 aromatic carbocycles. The van der Waals surface area contributed by atoms with Crippen molar-refractivity contribution in [3.05, 3.63) is 34.3 Å². The maximum absolute atomic E-state index is 13.5. The third kappa shape index (κ3) is 1.29. The van der Waals surface area contributed by atoms with Crippen LogP contribution in [0.15, 0.2) is 18.3 Å². The van der Waals surface area contributed by atoms with E-state index in [0.717, 1.165) is 0 Å². The highest BCUT2D eigenvalue weighted by Gasteiger charge is 2.11. The van der Waals surface area contributed by atoms with Gasteiger partial charge in [0.25, 0.3) is 0 Å². The first kappa shape index (κ1) is 9.49. The Kier molecular flexibility index (Phi) is 2.21. The Morgan fingerprint density at radius 3 is 2.71 bits per heavy atom. The van der Waals surface area contributed by atoms with Gasteiger partial charge < -0.3 is 5.73 Å². The van der Waals surface area contributed by atoms with Crippen molar-refractivity contribution in [2.45, 2.75) is 0 Å². The number of rotatable bonds is 0. The fourth-order valence-electron chi connectivity index (χ4n) is 1.23. The Balaban J connectivity index is 2.98. The van der Waals surface area contributed by atoms with Crippen LogP contribution in [-0.2, 0) is 0 Å². The summed E-state index contributed by atoms with van der Waals surface area (Å²) in [5.41, 5.74) is 5.36. The number of fused-ring (bicyclic) bond motifs is 1. The van der Waals surface area contributed by atoms with Gasteiger partial charge >= 0.3 is 0 Å². The molecule has 0 spiro atoms. The zero-order chi connectivity index (χ0) is 10.3. The predicted molar refractivity (Wildman–Crippen MR) is 56.1 cm³/mol. The summed E-state index contributed by atoms with van der Waals surface area (Å²) in [6.45, 7) is 0. The average Bonchev–Trinajstić information content (AvgIpc) is 2.17. The van der Waals surface area contributed by atoms with E-state index >= 15 is 0 Å². The van der Waals surface area contributed by atoms with Crippen molar-refractivity contribution >= 4 is 39.7 Å². The van der Waals surface area contributed by atoms with Crippen LogP contribution in [0.1, 0.15) is 0 Å². The standard InChI is InChI=1S/C9H5Cl2FN2/c10-6-3-5-4(7(12)8(6)13)1-2-14-9(5)11/h1-3H,13H2. The van der Waals surface area contributed by atoms with Gasteiger partial charge in [-0.25, -0.2) is 9.37 Å². The zero-order valence-corrected chi connectivity index (χ0v) is 8.40. The maximum atomic E-state index is 13.5. The van der Waals surface area contributed by atoms with E-state index in [0.29, 0.717) is 10.8 Å². The molecular formula is C9H5Cl2FN2. The Morgan fingerprint density at radius 1 is 1.29 bits per heavy atom.